The van der Waals surface area contributed by atoms with Crippen molar-refractivity contribution in [2.75, 3.05) is 0 Å². The van der Waals surface area contributed by atoms with Crippen LogP contribution < -0.4 is 11.3 Å². The van der Waals surface area contributed by atoms with Crippen LogP contribution in [0.5, 0.6) is 0 Å². The quantitative estimate of drug-likeness (QED) is 0.653. The van der Waals surface area contributed by atoms with Crippen molar-refractivity contribution >= 4 is 22.9 Å². The molecule has 2 aromatic rings. The summed E-state index contributed by atoms with van der Waals surface area (Å²) in [6.07, 6.45) is 1.78. The zero-order valence-corrected chi connectivity index (χ0v) is 10.3. The van der Waals surface area contributed by atoms with Gasteiger partial charge < -0.3 is 0 Å². The lowest BCUT2D eigenvalue weighted by Gasteiger charge is -2.13. The number of hydrogen-bond donors (Lipinski definition) is 2. The standard InChI is InChI=1S/C11H12ClN3S/c1-7-4-5-14-8(6-7)11(15-13)9-2-3-10(12)16-9/h2-6,11,15H,13H2,1H3. The molecule has 0 amide bonds. The average Bonchev–Trinajstić information content (AvgIpc) is 2.66. The van der Waals surface area contributed by atoms with Crippen LogP contribution in [0.15, 0.2) is 30.5 Å². The summed E-state index contributed by atoms with van der Waals surface area (Å²) in [5.41, 5.74) is 4.83. The van der Waals surface area contributed by atoms with Crippen molar-refractivity contribution in [2.45, 2.75) is 13.0 Å². The fourth-order valence-corrected chi connectivity index (χ4v) is 2.65. The number of aryl methyl sites for hydroxylation is 1. The van der Waals surface area contributed by atoms with Crippen LogP contribution in [0.2, 0.25) is 4.34 Å². The molecule has 0 aliphatic heterocycles. The number of thiophene rings is 1. The molecule has 0 aliphatic rings. The van der Waals surface area contributed by atoms with E-state index in [9.17, 15) is 0 Å². The summed E-state index contributed by atoms with van der Waals surface area (Å²) >= 11 is 7.41. The Hall–Kier alpha value is -0.940. The zero-order chi connectivity index (χ0) is 11.5. The fraction of sp³-hybridized carbons (Fsp3) is 0.182. The highest BCUT2D eigenvalue weighted by atomic mass is 35.5. The third-order valence-electron chi connectivity index (χ3n) is 2.28. The van der Waals surface area contributed by atoms with E-state index in [-0.39, 0.29) is 6.04 Å². The Morgan fingerprint density at radius 2 is 2.25 bits per heavy atom. The molecule has 16 heavy (non-hydrogen) atoms. The molecule has 0 spiro atoms. The highest BCUT2D eigenvalue weighted by Crippen LogP contribution is 2.29. The third kappa shape index (κ3) is 2.41. The van der Waals surface area contributed by atoms with Gasteiger partial charge in [-0.1, -0.05) is 11.6 Å². The van der Waals surface area contributed by atoms with E-state index in [1.807, 2.05) is 31.2 Å². The van der Waals surface area contributed by atoms with Gasteiger partial charge in [0.15, 0.2) is 0 Å². The normalized spacial score (nSPS) is 12.7. The maximum Gasteiger partial charge on any atom is 0.0973 e. The van der Waals surface area contributed by atoms with E-state index in [0.717, 1.165) is 20.5 Å². The topological polar surface area (TPSA) is 50.9 Å². The minimum absolute atomic E-state index is 0.0996. The number of rotatable bonds is 3. The van der Waals surface area contributed by atoms with Crippen molar-refractivity contribution in [3.63, 3.8) is 0 Å². The summed E-state index contributed by atoms with van der Waals surface area (Å²) in [6, 6.07) is 7.69. The average molecular weight is 254 g/mol. The lowest BCUT2D eigenvalue weighted by Crippen LogP contribution is -2.28. The Kier molecular flexibility index (Phi) is 3.56. The molecule has 3 N–H and O–H groups in total. The molecule has 0 saturated carbocycles. The Morgan fingerprint density at radius 1 is 1.44 bits per heavy atom. The molecule has 0 fully saturated rings. The maximum absolute atomic E-state index is 5.91. The number of pyridine rings is 1. The van der Waals surface area contributed by atoms with Gasteiger partial charge in [-0.15, -0.1) is 11.3 Å². The number of nitrogens with zero attached hydrogens (tertiary/aromatic N) is 1. The van der Waals surface area contributed by atoms with E-state index in [4.69, 9.17) is 17.4 Å². The fourth-order valence-electron chi connectivity index (χ4n) is 1.51. The molecule has 3 nitrogen and oxygen atoms in total. The first-order valence-electron chi connectivity index (χ1n) is 4.84. The predicted octanol–water partition coefficient (Wildman–Crippen LogP) is 2.66. The van der Waals surface area contributed by atoms with Gasteiger partial charge in [-0.2, -0.15) is 0 Å². The van der Waals surface area contributed by atoms with E-state index < -0.39 is 0 Å². The van der Waals surface area contributed by atoms with Crippen molar-refractivity contribution < 1.29 is 0 Å². The zero-order valence-electron chi connectivity index (χ0n) is 8.77. The molecule has 2 rings (SSSR count). The van der Waals surface area contributed by atoms with Crippen LogP contribution in [0.3, 0.4) is 0 Å². The number of hydrogen-bond acceptors (Lipinski definition) is 4. The predicted molar refractivity (Wildman–Crippen MR) is 67.5 cm³/mol. The Balaban J connectivity index is 2.36. The summed E-state index contributed by atoms with van der Waals surface area (Å²) in [6.45, 7) is 2.03. The van der Waals surface area contributed by atoms with Crippen LogP contribution in [-0.2, 0) is 0 Å². The van der Waals surface area contributed by atoms with Gasteiger partial charge >= 0.3 is 0 Å². The van der Waals surface area contributed by atoms with E-state index in [1.165, 1.54) is 11.3 Å². The number of hydrazine groups is 1. The molecule has 1 atom stereocenters. The van der Waals surface area contributed by atoms with Gasteiger partial charge in [0.05, 0.1) is 16.1 Å². The Labute approximate surface area is 103 Å². The lowest BCUT2D eigenvalue weighted by atomic mass is 10.1. The van der Waals surface area contributed by atoms with Crippen LogP contribution in [-0.4, -0.2) is 4.98 Å². The molecule has 2 heterocycles. The van der Waals surface area contributed by atoms with Crippen LogP contribution in [0.1, 0.15) is 22.2 Å². The van der Waals surface area contributed by atoms with Gasteiger partial charge in [0.2, 0.25) is 0 Å². The summed E-state index contributed by atoms with van der Waals surface area (Å²) in [4.78, 5) is 5.38. The van der Waals surface area contributed by atoms with Crippen molar-refractivity contribution in [1.29, 1.82) is 0 Å². The second-order valence-electron chi connectivity index (χ2n) is 3.50. The summed E-state index contributed by atoms with van der Waals surface area (Å²) in [7, 11) is 0. The first-order chi connectivity index (χ1) is 7.70. The summed E-state index contributed by atoms with van der Waals surface area (Å²) in [5, 5.41) is 0. The first kappa shape index (κ1) is 11.5. The molecule has 0 radical (unpaired) electrons. The molecule has 84 valence electrons. The molecule has 2 aromatic heterocycles. The van der Waals surface area contributed by atoms with E-state index >= 15 is 0 Å². The Bertz CT molecular complexity index is 484. The van der Waals surface area contributed by atoms with Gasteiger partial charge in [0, 0.05) is 11.1 Å². The highest BCUT2D eigenvalue weighted by Gasteiger charge is 2.15. The third-order valence-corrected chi connectivity index (χ3v) is 3.57. The van der Waals surface area contributed by atoms with Crippen LogP contribution in [0.25, 0.3) is 0 Å². The SMILES string of the molecule is Cc1ccnc(C(NN)c2ccc(Cl)s2)c1. The van der Waals surface area contributed by atoms with Crippen molar-refractivity contribution in [3.05, 3.63) is 50.9 Å². The molecule has 0 bridgehead atoms. The van der Waals surface area contributed by atoms with E-state index in [1.54, 1.807) is 6.20 Å². The van der Waals surface area contributed by atoms with Gasteiger partial charge in [-0.25, -0.2) is 5.43 Å². The van der Waals surface area contributed by atoms with E-state index in [2.05, 4.69) is 10.4 Å². The monoisotopic (exact) mass is 253 g/mol. The highest BCUT2D eigenvalue weighted by molar-refractivity contribution is 7.16. The first-order valence-corrected chi connectivity index (χ1v) is 6.04. The van der Waals surface area contributed by atoms with Crippen molar-refractivity contribution in [3.8, 4) is 0 Å². The van der Waals surface area contributed by atoms with Gasteiger partial charge in [-0.3, -0.25) is 10.8 Å². The van der Waals surface area contributed by atoms with Crippen LogP contribution in [0.4, 0.5) is 0 Å². The maximum atomic E-state index is 5.91. The molecule has 5 heteroatoms. The number of nitrogens with one attached hydrogen (secondary N) is 1. The van der Waals surface area contributed by atoms with Gasteiger partial charge in [0.25, 0.3) is 0 Å². The molecular weight excluding hydrogens is 242 g/mol. The number of halogens is 1. The van der Waals surface area contributed by atoms with Gasteiger partial charge in [-0.05, 0) is 36.8 Å². The molecule has 1 unspecified atom stereocenters. The van der Waals surface area contributed by atoms with Crippen molar-refractivity contribution in [1.82, 2.24) is 10.4 Å². The minimum atomic E-state index is -0.0996. The largest absolute Gasteiger partial charge is 0.270 e. The smallest absolute Gasteiger partial charge is 0.0973 e. The Morgan fingerprint density at radius 3 is 2.81 bits per heavy atom. The van der Waals surface area contributed by atoms with Crippen LogP contribution in [0, 0.1) is 6.92 Å². The van der Waals surface area contributed by atoms with Crippen molar-refractivity contribution in [2.24, 2.45) is 5.84 Å². The molecule has 0 aromatic carbocycles. The van der Waals surface area contributed by atoms with Crippen LogP contribution >= 0.6 is 22.9 Å². The lowest BCUT2D eigenvalue weighted by molar-refractivity contribution is 0.629. The molecule has 0 saturated heterocycles. The number of nitrogens with two attached hydrogens (primary N) is 1. The molecule has 0 aliphatic carbocycles. The second kappa shape index (κ2) is 4.93. The second-order valence-corrected chi connectivity index (χ2v) is 5.25. The summed E-state index contributed by atoms with van der Waals surface area (Å²) < 4.78 is 0.753. The molecular formula is C11H12ClN3S. The summed E-state index contributed by atoms with van der Waals surface area (Å²) in [5.74, 6) is 5.57. The number of aromatic nitrogens is 1. The van der Waals surface area contributed by atoms with Gasteiger partial charge in [0.1, 0.15) is 0 Å². The minimum Gasteiger partial charge on any atom is -0.270 e. The van der Waals surface area contributed by atoms with E-state index in [0.29, 0.717) is 0 Å².